The zero-order valence-corrected chi connectivity index (χ0v) is 18.3. The molecule has 0 aliphatic carbocycles. The molecule has 0 aliphatic heterocycles. The fraction of sp³-hybridized carbons (Fsp3) is 0.0625. The van der Waals surface area contributed by atoms with Crippen molar-refractivity contribution in [2.24, 2.45) is 0 Å². The number of halogens is 1. The minimum atomic E-state index is -4.09. The van der Waals surface area contributed by atoms with Crippen LogP contribution < -0.4 is 9.44 Å². The number of thiophene rings is 1. The SMILES string of the molecule is COC(=O)c1sccc1S(=O)(=O)Nc1ccc(S(=O)(=O)Nc2ccc(Cl)nn2)cc1. The van der Waals surface area contributed by atoms with Crippen molar-refractivity contribution in [1.29, 1.82) is 0 Å². The van der Waals surface area contributed by atoms with Gasteiger partial charge in [-0.25, -0.2) is 21.6 Å². The second kappa shape index (κ2) is 8.55. The number of anilines is 2. The standard InChI is InChI=1S/C16H13ClN4O6S3/c1-27-16(22)15-12(8-9-28-15)30(25,26)20-10-2-4-11(5-3-10)29(23,24)21-14-7-6-13(17)18-19-14/h2-9,20H,1H3,(H,19,21). The molecule has 14 heteroatoms. The largest absolute Gasteiger partial charge is 0.465 e. The number of nitrogens with zero attached hydrogens (tertiary/aromatic N) is 2. The lowest BCUT2D eigenvalue weighted by molar-refractivity contribution is 0.0602. The molecule has 0 atom stereocenters. The van der Waals surface area contributed by atoms with Crippen molar-refractivity contribution >= 4 is 60.5 Å². The van der Waals surface area contributed by atoms with Crippen LogP contribution in [0.25, 0.3) is 0 Å². The molecule has 0 bridgehead atoms. The van der Waals surface area contributed by atoms with E-state index in [0.29, 0.717) is 0 Å². The lowest BCUT2D eigenvalue weighted by Gasteiger charge is -2.10. The molecule has 10 nitrogen and oxygen atoms in total. The number of aromatic nitrogens is 2. The van der Waals surface area contributed by atoms with Gasteiger partial charge in [0.2, 0.25) is 0 Å². The van der Waals surface area contributed by atoms with Crippen molar-refractivity contribution in [3.63, 3.8) is 0 Å². The maximum atomic E-state index is 12.6. The summed E-state index contributed by atoms with van der Waals surface area (Å²) >= 11 is 6.54. The van der Waals surface area contributed by atoms with Gasteiger partial charge in [0, 0.05) is 5.69 Å². The quantitative estimate of drug-likeness (QED) is 0.483. The van der Waals surface area contributed by atoms with Gasteiger partial charge in [0.25, 0.3) is 20.0 Å². The van der Waals surface area contributed by atoms with E-state index >= 15 is 0 Å². The van der Waals surface area contributed by atoms with Crippen molar-refractivity contribution in [1.82, 2.24) is 10.2 Å². The van der Waals surface area contributed by atoms with Gasteiger partial charge < -0.3 is 4.74 Å². The monoisotopic (exact) mass is 488 g/mol. The topological polar surface area (TPSA) is 144 Å². The molecule has 0 saturated carbocycles. The number of hydrogen-bond donors (Lipinski definition) is 2. The molecule has 0 unspecified atom stereocenters. The lowest BCUT2D eigenvalue weighted by Crippen LogP contribution is -2.16. The molecule has 0 radical (unpaired) electrons. The summed E-state index contributed by atoms with van der Waals surface area (Å²) < 4.78 is 59.1. The van der Waals surface area contributed by atoms with Gasteiger partial charge in [-0.05, 0) is 47.8 Å². The number of rotatable bonds is 7. The lowest BCUT2D eigenvalue weighted by atomic mass is 10.3. The van der Waals surface area contributed by atoms with Gasteiger partial charge in [-0.3, -0.25) is 9.44 Å². The third kappa shape index (κ3) is 4.87. The van der Waals surface area contributed by atoms with E-state index < -0.39 is 26.0 Å². The Morgan fingerprint density at radius 2 is 1.67 bits per heavy atom. The number of hydrogen-bond acceptors (Lipinski definition) is 9. The van der Waals surface area contributed by atoms with Crippen LogP contribution in [0.3, 0.4) is 0 Å². The van der Waals surface area contributed by atoms with Crippen LogP contribution >= 0.6 is 22.9 Å². The first-order valence-corrected chi connectivity index (χ1v) is 12.2. The highest BCUT2D eigenvalue weighted by Crippen LogP contribution is 2.26. The number of carbonyl (C=O) groups is 1. The first-order chi connectivity index (χ1) is 14.1. The van der Waals surface area contributed by atoms with Gasteiger partial charge in [0.1, 0.15) is 9.77 Å². The molecule has 0 aliphatic rings. The van der Waals surface area contributed by atoms with Crippen LogP contribution in [0.4, 0.5) is 11.5 Å². The van der Waals surface area contributed by atoms with Gasteiger partial charge in [-0.2, -0.15) is 0 Å². The summed E-state index contributed by atoms with van der Waals surface area (Å²) in [5.74, 6) is -0.805. The number of benzene rings is 1. The maximum Gasteiger partial charge on any atom is 0.349 e. The van der Waals surface area contributed by atoms with E-state index in [1.165, 1.54) is 47.8 Å². The normalized spacial score (nSPS) is 11.7. The second-order valence-corrected chi connectivity index (χ2v) is 10.2. The number of esters is 1. The number of nitrogens with one attached hydrogen (secondary N) is 2. The molecular weight excluding hydrogens is 476 g/mol. The van der Waals surface area contributed by atoms with Crippen molar-refractivity contribution in [3.8, 4) is 0 Å². The predicted molar refractivity (Wildman–Crippen MR) is 111 cm³/mol. The highest BCUT2D eigenvalue weighted by atomic mass is 35.5. The van der Waals surface area contributed by atoms with Crippen molar-refractivity contribution in [2.45, 2.75) is 9.79 Å². The molecule has 3 aromatic rings. The summed E-state index contributed by atoms with van der Waals surface area (Å²) in [7, 11) is -6.93. The molecule has 0 amide bonds. The fourth-order valence-electron chi connectivity index (χ4n) is 2.23. The Balaban J connectivity index is 1.79. The number of ether oxygens (including phenoxy) is 1. The Morgan fingerprint density at radius 1 is 0.967 bits per heavy atom. The van der Waals surface area contributed by atoms with Gasteiger partial charge >= 0.3 is 5.97 Å². The smallest absolute Gasteiger partial charge is 0.349 e. The summed E-state index contributed by atoms with van der Waals surface area (Å²) in [4.78, 5) is 11.3. The van der Waals surface area contributed by atoms with Crippen molar-refractivity contribution < 1.29 is 26.4 Å². The van der Waals surface area contributed by atoms with E-state index in [9.17, 15) is 21.6 Å². The molecule has 0 fully saturated rings. The minimum Gasteiger partial charge on any atom is -0.465 e. The molecule has 2 N–H and O–H groups in total. The van der Waals surface area contributed by atoms with Crippen LogP contribution in [0.1, 0.15) is 9.67 Å². The van der Waals surface area contributed by atoms with E-state index in [1.54, 1.807) is 0 Å². The highest BCUT2D eigenvalue weighted by molar-refractivity contribution is 7.93. The molecule has 0 saturated heterocycles. The van der Waals surface area contributed by atoms with Gasteiger partial charge in [0.05, 0.1) is 12.0 Å². The second-order valence-electron chi connectivity index (χ2n) is 5.58. The first kappa shape index (κ1) is 22.0. The highest BCUT2D eigenvalue weighted by Gasteiger charge is 2.25. The van der Waals surface area contributed by atoms with Crippen LogP contribution in [0.5, 0.6) is 0 Å². The average Bonchev–Trinajstić information content (AvgIpc) is 3.20. The Hall–Kier alpha value is -2.74. The van der Waals surface area contributed by atoms with E-state index in [1.807, 2.05) is 0 Å². The number of methoxy groups -OCH3 is 1. The van der Waals surface area contributed by atoms with Gasteiger partial charge in [0.15, 0.2) is 11.0 Å². The Bertz CT molecular complexity index is 1270. The molecule has 0 spiro atoms. The number of carbonyl (C=O) groups excluding carboxylic acids is 1. The maximum absolute atomic E-state index is 12.6. The van der Waals surface area contributed by atoms with E-state index in [4.69, 9.17) is 11.6 Å². The van der Waals surface area contributed by atoms with Crippen molar-refractivity contribution in [2.75, 3.05) is 16.6 Å². The minimum absolute atomic E-state index is 0.0306. The Morgan fingerprint density at radius 3 is 2.27 bits per heavy atom. The molecular formula is C16H13ClN4O6S3. The van der Waals surface area contributed by atoms with Crippen LogP contribution in [-0.2, 0) is 24.8 Å². The molecule has 30 heavy (non-hydrogen) atoms. The summed E-state index contributed by atoms with van der Waals surface area (Å²) in [5, 5.41) is 8.71. The zero-order valence-electron chi connectivity index (χ0n) is 15.1. The van der Waals surface area contributed by atoms with Crippen LogP contribution in [-0.4, -0.2) is 40.1 Å². The third-order valence-corrected chi connectivity index (χ3v) is 7.60. The van der Waals surface area contributed by atoms with Crippen LogP contribution in [0.15, 0.2) is 57.6 Å². The summed E-state index contributed by atoms with van der Waals surface area (Å²) in [6, 6.07) is 8.94. The zero-order chi connectivity index (χ0) is 21.9. The molecule has 158 valence electrons. The molecule has 2 aromatic heterocycles. The van der Waals surface area contributed by atoms with Gasteiger partial charge in [-0.1, -0.05) is 11.6 Å². The van der Waals surface area contributed by atoms with E-state index in [0.717, 1.165) is 18.4 Å². The molecule has 2 heterocycles. The fourth-order valence-corrected chi connectivity index (χ4v) is 5.72. The van der Waals surface area contributed by atoms with E-state index in [2.05, 4.69) is 24.4 Å². The summed E-state index contributed by atoms with van der Waals surface area (Å²) in [6.45, 7) is 0. The van der Waals surface area contributed by atoms with E-state index in [-0.39, 0.29) is 31.3 Å². The van der Waals surface area contributed by atoms with Gasteiger partial charge in [-0.15, -0.1) is 21.5 Å². The van der Waals surface area contributed by atoms with Crippen LogP contribution in [0.2, 0.25) is 5.15 Å². The summed E-state index contributed by atoms with van der Waals surface area (Å²) in [5.41, 5.74) is 0.0993. The Kier molecular flexibility index (Phi) is 6.26. The van der Waals surface area contributed by atoms with Crippen LogP contribution in [0, 0.1) is 0 Å². The average molecular weight is 489 g/mol. The summed E-state index contributed by atoms with van der Waals surface area (Å²) in [6.07, 6.45) is 0. The molecule has 3 rings (SSSR count). The predicted octanol–water partition coefficient (Wildman–Crippen LogP) is 2.58. The third-order valence-electron chi connectivity index (χ3n) is 3.58. The molecule has 1 aromatic carbocycles. The number of sulfonamides is 2. The first-order valence-electron chi connectivity index (χ1n) is 7.93. The van der Waals surface area contributed by atoms with Crippen molar-refractivity contribution in [3.05, 3.63) is 57.9 Å². The Labute approximate surface area is 181 Å².